The van der Waals surface area contributed by atoms with Crippen LogP contribution in [0.15, 0.2) is 54.7 Å². The van der Waals surface area contributed by atoms with Crippen molar-refractivity contribution in [2.24, 2.45) is 0 Å². The molecular formula is C17H16FN3. The van der Waals surface area contributed by atoms with Crippen LogP contribution in [0.1, 0.15) is 18.5 Å². The van der Waals surface area contributed by atoms with E-state index in [-0.39, 0.29) is 11.9 Å². The van der Waals surface area contributed by atoms with Crippen LogP contribution in [0.4, 0.5) is 15.8 Å². The molecule has 1 atom stereocenters. The first kappa shape index (κ1) is 13.4. The average Bonchev–Trinajstić information content (AvgIpc) is 2.51. The third kappa shape index (κ3) is 2.65. The van der Waals surface area contributed by atoms with Crippen molar-refractivity contribution in [1.82, 2.24) is 4.98 Å². The van der Waals surface area contributed by atoms with Gasteiger partial charge in [0.15, 0.2) is 0 Å². The largest absolute Gasteiger partial charge is 0.397 e. The van der Waals surface area contributed by atoms with Gasteiger partial charge in [-0.1, -0.05) is 12.1 Å². The van der Waals surface area contributed by atoms with Gasteiger partial charge in [0, 0.05) is 23.3 Å². The second-order valence-corrected chi connectivity index (χ2v) is 5.02. The number of benzene rings is 2. The van der Waals surface area contributed by atoms with E-state index >= 15 is 0 Å². The van der Waals surface area contributed by atoms with Crippen LogP contribution in [-0.4, -0.2) is 4.98 Å². The van der Waals surface area contributed by atoms with Crippen LogP contribution in [0.2, 0.25) is 0 Å². The minimum atomic E-state index is -0.229. The molecule has 3 nitrogen and oxygen atoms in total. The maximum absolute atomic E-state index is 13.0. The zero-order chi connectivity index (χ0) is 14.8. The Kier molecular flexibility index (Phi) is 3.44. The Morgan fingerprint density at radius 1 is 1.10 bits per heavy atom. The van der Waals surface area contributed by atoms with Gasteiger partial charge in [0.1, 0.15) is 5.82 Å². The summed E-state index contributed by atoms with van der Waals surface area (Å²) in [6.07, 6.45) is 1.73. The van der Waals surface area contributed by atoms with Crippen molar-refractivity contribution in [1.29, 1.82) is 0 Å². The van der Waals surface area contributed by atoms with Gasteiger partial charge >= 0.3 is 0 Å². The van der Waals surface area contributed by atoms with E-state index < -0.39 is 0 Å². The monoisotopic (exact) mass is 281 g/mol. The lowest BCUT2D eigenvalue weighted by Crippen LogP contribution is -2.07. The number of nitrogen functional groups attached to an aromatic ring is 1. The smallest absolute Gasteiger partial charge is 0.123 e. The Morgan fingerprint density at radius 2 is 1.86 bits per heavy atom. The van der Waals surface area contributed by atoms with Crippen LogP contribution in [0, 0.1) is 5.82 Å². The van der Waals surface area contributed by atoms with E-state index in [1.807, 2.05) is 31.2 Å². The molecule has 0 spiro atoms. The summed E-state index contributed by atoms with van der Waals surface area (Å²) in [5, 5.41) is 4.41. The number of fused-ring (bicyclic) bond motifs is 1. The third-order valence-corrected chi connectivity index (χ3v) is 3.54. The summed E-state index contributed by atoms with van der Waals surface area (Å²) in [5.41, 5.74) is 9.38. The van der Waals surface area contributed by atoms with Crippen LogP contribution in [-0.2, 0) is 0 Å². The quantitative estimate of drug-likeness (QED) is 0.710. The summed E-state index contributed by atoms with van der Waals surface area (Å²) in [4.78, 5) is 4.32. The van der Waals surface area contributed by atoms with Gasteiger partial charge in [-0.15, -0.1) is 0 Å². The molecule has 0 bridgehead atoms. The summed E-state index contributed by atoms with van der Waals surface area (Å²) in [7, 11) is 0. The lowest BCUT2D eigenvalue weighted by molar-refractivity contribution is 0.626. The first-order chi connectivity index (χ1) is 10.1. The molecular weight excluding hydrogens is 265 g/mol. The predicted octanol–water partition coefficient (Wildman–Crippen LogP) is 4.13. The molecule has 106 valence electrons. The Hall–Kier alpha value is -2.62. The molecule has 0 fully saturated rings. The van der Waals surface area contributed by atoms with Crippen molar-refractivity contribution in [2.45, 2.75) is 13.0 Å². The number of aromatic nitrogens is 1. The number of pyridine rings is 1. The second-order valence-electron chi connectivity index (χ2n) is 5.02. The molecule has 1 unspecified atom stereocenters. The molecule has 3 rings (SSSR count). The minimum Gasteiger partial charge on any atom is -0.397 e. The fourth-order valence-corrected chi connectivity index (χ4v) is 2.39. The maximum Gasteiger partial charge on any atom is 0.123 e. The van der Waals surface area contributed by atoms with Crippen LogP contribution >= 0.6 is 0 Å². The average molecular weight is 281 g/mol. The highest BCUT2D eigenvalue weighted by atomic mass is 19.1. The van der Waals surface area contributed by atoms with E-state index in [2.05, 4.69) is 10.3 Å². The second kappa shape index (κ2) is 5.40. The molecule has 1 aromatic heterocycles. The van der Waals surface area contributed by atoms with Gasteiger partial charge in [0.25, 0.3) is 0 Å². The Morgan fingerprint density at radius 3 is 2.62 bits per heavy atom. The molecule has 3 N–H and O–H groups in total. The van der Waals surface area contributed by atoms with Gasteiger partial charge < -0.3 is 11.1 Å². The van der Waals surface area contributed by atoms with Crippen molar-refractivity contribution in [3.63, 3.8) is 0 Å². The highest BCUT2D eigenvalue weighted by Gasteiger charge is 2.09. The van der Waals surface area contributed by atoms with Gasteiger partial charge in [-0.3, -0.25) is 4.98 Å². The SMILES string of the molecule is CC(Nc1ccc(N)c2ncccc12)c1ccc(F)cc1. The maximum atomic E-state index is 13.0. The summed E-state index contributed by atoms with van der Waals surface area (Å²) >= 11 is 0. The Balaban J connectivity index is 1.95. The lowest BCUT2D eigenvalue weighted by atomic mass is 10.1. The van der Waals surface area contributed by atoms with E-state index in [0.717, 1.165) is 22.2 Å². The van der Waals surface area contributed by atoms with Crippen molar-refractivity contribution in [2.75, 3.05) is 11.1 Å². The summed E-state index contributed by atoms with van der Waals surface area (Å²) in [6.45, 7) is 2.03. The molecule has 0 amide bonds. The predicted molar refractivity (Wildman–Crippen MR) is 84.6 cm³/mol. The molecule has 0 aliphatic heterocycles. The zero-order valence-corrected chi connectivity index (χ0v) is 11.7. The fraction of sp³-hybridized carbons (Fsp3) is 0.118. The molecule has 21 heavy (non-hydrogen) atoms. The van der Waals surface area contributed by atoms with Crippen LogP contribution in [0.5, 0.6) is 0 Å². The van der Waals surface area contributed by atoms with E-state index in [1.165, 1.54) is 12.1 Å². The van der Waals surface area contributed by atoms with E-state index in [4.69, 9.17) is 5.73 Å². The lowest BCUT2D eigenvalue weighted by Gasteiger charge is -2.17. The standard InChI is InChI=1S/C17H16FN3/c1-11(12-4-6-13(18)7-5-12)21-16-9-8-15(19)17-14(16)3-2-10-20-17/h2-11,21H,19H2,1H3. The molecule has 0 radical (unpaired) electrons. The van der Waals surface area contributed by atoms with Gasteiger partial charge in [-0.05, 0) is 48.9 Å². The Labute approximate surface area is 122 Å². The normalized spacial score (nSPS) is 12.3. The summed E-state index contributed by atoms with van der Waals surface area (Å²) in [5.74, 6) is -0.229. The number of nitrogens with two attached hydrogens (primary N) is 1. The fourth-order valence-electron chi connectivity index (χ4n) is 2.39. The number of halogens is 1. The van der Waals surface area contributed by atoms with Crippen LogP contribution < -0.4 is 11.1 Å². The molecule has 0 aliphatic rings. The molecule has 0 saturated carbocycles. The number of hydrogen-bond acceptors (Lipinski definition) is 3. The Bertz CT molecular complexity index is 769. The van der Waals surface area contributed by atoms with Crippen molar-refractivity contribution in [3.8, 4) is 0 Å². The van der Waals surface area contributed by atoms with E-state index in [1.54, 1.807) is 18.3 Å². The molecule has 4 heteroatoms. The van der Waals surface area contributed by atoms with Crippen molar-refractivity contribution < 1.29 is 4.39 Å². The minimum absolute atomic E-state index is 0.0534. The number of anilines is 2. The van der Waals surface area contributed by atoms with Crippen LogP contribution in [0.3, 0.4) is 0 Å². The highest BCUT2D eigenvalue weighted by Crippen LogP contribution is 2.29. The number of hydrogen-bond donors (Lipinski definition) is 2. The highest BCUT2D eigenvalue weighted by molar-refractivity contribution is 5.98. The van der Waals surface area contributed by atoms with Crippen molar-refractivity contribution in [3.05, 3.63) is 66.1 Å². The summed E-state index contributed by atoms with van der Waals surface area (Å²) < 4.78 is 13.0. The van der Waals surface area contributed by atoms with Gasteiger partial charge in [0.2, 0.25) is 0 Å². The number of nitrogens with one attached hydrogen (secondary N) is 1. The number of rotatable bonds is 3. The summed E-state index contributed by atoms with van der Waals surface area (Å²) in [6, 6.07) is 14.2. The molecule has 3 aromatic rings. The molecule has 0 aliphatic carbocycles. The van der Waals surface area contributed by atoms with E-state index in [9.17, 15) is 4.39 Å². The first-order valence-corrected chi connectivity index (χ1v) is 6.80. The third-order valence-electron chi connectivity index (χ3n) is 3.54. The topological polar surface area (TPSA) is 50.9 Å². The van der Waals surface area contributed by atoms with Crippen LogP contribution in [0.25, 0.3) is 10.9 Å². The molecule has 1 heterocycles. The van der Waals surface area contributed by atoms with Crippen molar-refractivity contribution >= 4 is 22.3 Å². The number of nitrogens with zero attached hydrogens (tertiary/aromatic N) is 1. The van der Waals surface area contributed by atoms with Gasteiger partial charge in [0.05, 0.1) is 11.2 Å². The molecule has 0 saturated heterocycles. The zero-order valence-electron chi connectivity index (χ0n) is 11.7. The van der Waals surface area contributed by atoms with Gasteiger partial charge in [-0.2, -0.15) is 0 Å². The molecule has 2 aromatic carbocycles. The first-order valence-electron chi connectivity index (χ1n) is 6.80. The van der Waals surface area contributed by atoms with E-state index in [0.29, 0.717) is 5.69 Å². The van der Waals surface area contributed by atoms with Gasteiger partial charge in [-0.25, -0.2) is 4.39 Å².